The first-order chi connectivity index (χ1) is 9.43. The molecule has 108 valence electrons. The minimum Gasteiger partial charge on any atom is -0.480 e. The largest absolute Gasteiger partial charge is 0.480 e. The standard InChI is InChI=1S/C13H17N3O4/c1-2-16(8-11(17)18)12(19)10-5-3-9(4-6-10)7-15-13(14)20/h3-6H,2,7-8H2,1H3,(H,17,18)(H3,14,15,20). The van der Waals surface area contributed by atoms with Crippen molar-refractivity contribution in [1.82, 2.24) is 10.2 Å². The second-order valence-corrected chi connectivity index (χ2v) is 4.13. The lowest BCUT2D eigenvalue weighted by atomic mass is 10.1. The Labute approximate surface area is 116 Å². The number of likely N-dealkylation sites (N-methyl/N-ethyl adjacent to an activating group) is 1. The van der Waals surface area contributed by atoms with Crippen molar-refractivity contribution in [2.45, 2.75) is 13.5 Å². The molecule has 20 heavy (non-hydrogen) atoms. The molecule has 0 radical (unpaired) electrons. The third-order valence-corrected chi connectivity index (χ3v) is 2.66. The average molecular weight is 279 g/mol. The Kier molecular flexibility index (Phi) is 5.52. The topological polar surface area (TPSA) is 113 Å². The van der Waals surface area contributed by atoms with Crippen LogP contribution in [0.1, 0.15) is 22.8 Å². The lowest BCUT2D eigenvalue weighted by Crippen LogP contribution is -2.35. The van der Waals surface area contributed by atoms with E-state index < -0.39 is 12.0 Å². The van der Waals surface area contributed by atoms with E-state index in [9.17, 15) is 14.4 Å². The lowest BCUT2D eigenvalue weighted by molar-refractivity contribution is -0.137. The van der Waals surface area contributed by atoms with Crippen molar-refractivity contribution >= 4 is 17.9 Å². The van der Waals surface area contributed by atoms with E-state index in [1.807, 2.05) is 0 Å². The molecule has 0 saturated heterocycles. The van der Waals surface area contributed by atoms with E-state index in [2.05, 4.69) is 5.32 Å². The number of urea groups is 1. The van der Waals surface area contributed by atoms with Gasteiger partial charge in [-0.25, -0.2) is 4.79 Å². The molecule has 0 bridgehead atoms. The van der Waals surface area contributed by atoms with E-state index in [0.29, 0.717) is 12.1 Å². The molecule has 1 rings (SSSR count). The monoisotopic (exact) mass is 279 g/mol. The smallest absolute Gasteiger partial charge is 0.323 e. The second-order valence-electron chi connectivity index (χ2n) is 4.13. The summed E-state index contributed by atoms with van der Waals surface area (Å²) in [5.74, 6) is -1.40. The highest BCUT2D eigenvalue weighted by Gasteiger charge is 2.16. The predicted molar refractivity (Wildman–Crippen MR) is 72.1 cm³/mol. The number of rotatable bonds is 6. The van der Waals surface area contributed by atoms with Gasteiger partial charge in [0.05, 0.1) is 0 Å². The summed E-state index contributed by atoms with van der Waals surface area (Å²) in [6.45, 7) is 1.97. The van der Waals surface area contributed by atoms with Crippen LogP contribution in [0.2, 0.25) is 0 Å². The number of amides is 3. The normalized spacial score (nSPS) is 9.85. The summed E-state index contributed by atoms with van der Waals surface area (Å²) < 4.78 is 0. The molecule has 7 heteroatoms. The van der Waals surface area contributed by atoms with Crippen molar-refractivity contribution in [3.05, 3.63) is 35.4 Å². The molecule has 1 aromatic carbocycles. The van der Waals surface area contributed by atoms with Gasteiger partial charge in [0, 0.05) is 18.7 Å². The van der Waals surface area contributed by atoms with Crippen molar-refractivity contribution < 1.29 is 19.5 Å². The van der Waals surface area contributed by atoms with Gasteiger partial charge in [-0.3, -0.25) is 9.59 Å². The summed E-state index contributed by atoms with van der Waals surface area (Å²) in [5, 5.41) is 11.2. The zero-order chi connectivity index (χ0) is 15.1. The fraction of sp³-hybridized carbons (Fsp3) is 0.308. The van der Waals surface area contributed by atoms with Gasteiger partial charge in [0.15, 0.2) is 0 Å². The first-order valence-corrected chi connectivity index (χ1v) is 6.07. The molecule has 0 aliphatic rings. The number of carboxylic acid groups (broad SMARTS) is 1. The van der Waals surface area contributed by atoms with E-state index >= 15 is 0 Å². The first kappa shape index (κ1) is 15.5. The van der Waals surface area contributed by atoms with E-state index in [1.54, 1.807) is 31.2 Å². The lowest BCUT2D eigenvalue weighted by Gasteiger charge is -2.18. The van der Waals surface area contributed by atoms with E-state index in [0.717, 1.165) is 5.56 Å². The van der Waals surface area contributed by atoms with Crippen LogP contribution in [0.5, 0.6) is 0 Å². The summed E-state index contributed by atoms with van der Waals surface area (Å²) >= 11 is 0. The molecule has 7 nitrogen and oxygen atoms in total. The highest BCUT2D eigenvalue weighted by molar-refractivity contribution is 5.95. The Hall–Kier alpha value is -2.57. The van der Waals surface area contributed by atoms with Gasteiger partial charge in [-0.15, -0.1) is 0 Å². The zero-order valence-corrected chi connectivity index (χ0v) is 11.1. The molecule has 0 aliphatic carbocycles. The van der Waals surface area contributed by atoms with Crippen LogP contribution < -0.4 is 11.1 Å². The van der Waals surface area contributed by atoms with Crippen LogP contribution in [0.4, 0.5) is 4.79 Å². The van der Waals surface area contributed by atoms with Gasteiger partial charge in [0.1, 0.15) is 6.54 Å². The molecule has 0 spiro atoms. The molecule has 0 atom stereocenters. The van der Waals surface area contributed by atoms with Crippen molar-refractivity contribution in [2.75, 3.05) is 13.1 Å². The molecular weight excluding hydrogens is 262 g/mol. The van der Waals surface area contributed by atoms with Gasteiger partial charge in [-0.05, 0) is 24.6 Å². The predicted octanol–water partition coefficient (Wildman–Crippen LogP) is 0.402. The Bertz CT molecular complexity index is 499. The van der Waals surface area contributed by atoms with Crippen LogP contribution in [0, 0.1) is 0 Å². The number of nitrogens with two attached hydrogens (primary N) is 1. The molecule has 0 saturated carbocycles. The van der Waals surface area contributed by atoms with E-state index in [1.165, 1.54) is 4.90 Å². The highest BCUT2D eigenvalue weighted by atomic mass is 16.4. The number of aliphatic carboxylic acids is 1. The Morgan fingerprint density at radius 3 is 2.30 bits per heavy atom. The highest BCUT2D eigenvalue weighted by Crippen LogP contribution is 2.08. The molecule has 4 N–H and O–H groups in total. The van der Waals surface area contributed by atoms with Crippen LogP contribution >= 0.6 is 0 Å². The van der Waals surface area contributed by atoms with Gasteiger partial charge < -0.3 is 21.1 Å². The number of benzene rings is 1. The Morgan fingerprint density at radius 2 is 1.85 bits per heavy atom. The van der Waals surface area contributed by atoms with Gasteiger partial charge >= 0.3 is 12.0 Å². The third-order valence-electron chi connectivity index (χ3n) is 2.66. The van der Waals surface area contributed by atoms with Crippen LogP contribution in [-0.2, 0) is 11.3 Å². The summed E-state index contributed by atoms with van der Waals surface area (Å²) in [7, 11) is 0. The Morgan fingerprint density at radius 1 is 1.25 bits per heavy atom. The molecule has 0 unspecified atom stereocenters. The number of carbonyl (C=O) groups is 3. The number of carbonyl (C=O) groups excluding carboxylic acids is 2. The first-order valence-electron chi connectivity index (χ1n) is 6.07. The molecule has 0 heterocycles. The second kappa shape index (κ2) is 7.13. The Balaban J connectivity index is 2.73. The van der Waals surface area contributed by atoms with Gasteiger partial charge in [0.2, 0.25) is 0 Å². The summed E-state index contributed by atoms with van der Waals surface area (Å²) in [6, 6.07) is 5.91. The maximum Gasteiger partial charge on any atom is 0.323 e. The quantitative estimate of drug-likeness (QED) is 0.699. The molecule has 0 aliphatic heterocycles. The third kappa shape index (κ3) is 4.60. The molecule has 0 fully saturated rings. The van der Waals surface area contributed by atoms with Crippen LogP contribution in [0.15, 0.2) is 24.3 Å². The zero-order valence-electron chi connectivity index (χ0n) is 11.1. The van der Waals surface area contributed by atoms with Crippen molar-refractivity contribution in [1.29, 1.82) is 0 Å². The number of nitrogens with zero attached hydrogens (tertiary/aromatic N) is 1. The summed E-state index contributed by atoms with van der Waals surface area (Å²) in [4.78, 5) is 34.5. The fourth-order valence-corrected chi connectivity index (χ4v) is 1.63. The van der Waals surface area contributed by atoms with Crippen molar-refractivity contribution in [2.24, 2.45) is 5.73 Å². The maximum absolute atomic E-state index is 12.1. The summed E-state index contributed by atoms with van der Waals surface area (Å²) in [6.07, 6.45) is 0. The molecular formula is C13H17N3O4. The number of primary amides is 1. The van der Waals surface area contributed by atoms with Crippen LogP contribution in [-0.4, -0.2) is 41.0 Å². The SMILES string of the molecule is CCN(CC(=O)O)C(=O)c1ccc(CNC(N)=O)cc1. The number of nitrogens with one attached hydrogen (secondary N) is 1. The minimum absolute atomic E-state index is 0.274. The number of carboxylic acids is 1. The number of hydrogen-bond donors (Lipinski definition) is 3. The van der Waals surface area contributed by atoms with Crippen molar-refractivity contribution in [3.8, 4) is 0 Å². The molecule has 3 amide bonds. The van der Waals surface area contributed by atoms with Gasteiger partial charge in [-0.1, -0.05) is 12.1 Å². The van der Waals surface area contributed by atoms with Crippen LogP contribution in [0.25, 0.3) is 0 Å². The molecule has 0 aromatic heterocycles. The fourth-order valence-electron chi connectivity index (χ4n) is 1.63. The van der Waals surface area contributed by atoms with Gasteiger partial charge in [0.25, 0.3) is 5.91 Å². The average Bonchev–Trinajstić information content (AvgIpc) is 2.42. The summed E-state index contributed by atoms with van der Waals surface area (Å²) in [5.41, 5.74) is 6.15. The molecule has 1 aromatic rings. The van der Waals surface area contributed by atoms with Crippen LogP contribution in [0.3, 0.4) is 0 Å². The van der Waals surface area contributed by atoms with E-state index in [4.69, 9.17) is 10.8 Å². The maximum atomic E-state index is 12.1. The van der Waals surface area contributed by atoms with Gasteiger partial charge in [-0.2, -0.15) is 0 Å². The van der Waals surface area contributed by atoms with Crippen molar-refractivity contribution in [3.63, 3.8) is 0 Å². The minimum atomic E-state index is -1.05. The number of hydrogen-bond acceptors (Lipinski definition) is 3. The van der Waals surface area contributed by atoms with E-state index in [-0.39, 0.29) is 19.0 Å².